The third kappa shape index (κ3) is 8.45. The monoisotopic (exact) mass is 243 g/mol. The van der Waals surface area contributed by atoms with Gasteiger partial charge in [0.25, 0.3) is 0 Å². The van der Waals surface area contributed by atoms with Crippen molar-refractivity contribution in [2.24, 2.45) is 11.8 Å². The van der Waals surface area contributed by atoms with Gasteiger partial charge < -0.3 is 9.94 Å². The Bertz CT molecular complexity index is 263. The molecule has 0 saturated heterocycles. The molecule has 0 bridgehead atoms. The van der Waals surface area contributed by atoms with Gasteiger partial charge in [-0.2, -0.15) is 5.90 Å². The van der Waals surface area contributed by atoms with E-state index in [0.717, 1.165) is 19.3 Å². The van der Waals surface area contributed by atoms with Crippen LogP contribution in [0, 0.1) is 5.92 Å². The van der Waals surface area contributed by atoms with Crippen LogP contribution in [0.15, 0.2) is 12.2 Å². The van der Waals surface area contributed by atoms with Crippen molar-refractivity contribution in [1.29, 1.82) is 0 Å². The summed E-state index contributed by atoms with van der Waals surface area (Å²) in [5.74, 6) is 2.20. The summed E-state index contributed by atoms with van der Waals surface area (Å²) in [6, 6.07) is 0. The highest BCUT2D eigenvalue weighted by Gasteiger charge is 2.19. The van der Waals surface area contributed by atoms with Crippen LogP contribution in [0.2, 0.25) is 0 Å². The standard InChI is InChI=1S/C12H21NO4/c1-2-3-4-5-6-7-8-10(9-11(14)15)12(16)17-13/h7-8,10H,2-6,9,13H2,1H3,(H,14,15)/b8-7+. The maximum Gasteiger partial charge on any atom is 0.331 e. The number of hydrogen-bond acceptors (Lipinski definition) is 4. The van der Waals surface area contributed by atoms with Crippen molar-refractivity contribution in [3.63, 3.8) is 0 Å². The first kappa shape index (κ1) is 15.6. The normalized spacial score (nSPS) is 12.6. The zero-order valence-corrected chi connectivity index (χ0v) is 10.2. The highest BCUT2D eigenvalue weighted by Crippen LogP contribution is 2.09. The number of carbonyl (C=O) groups is 2. The van der Waals surface area contributed by atoms with Crippen LogP contribution in [-0.2, 0) is 14.4 Å². The van der Waals surface area contributed by atoms with Gasteiger partial charge >= 0.3 is 11.9 Å². The minimum atomic E-state index is -1.05. The molecule has 0 aliphatic rings. The summed E-state index contributed by atoms with van der Waals surface area (Å²) < 4.78 is 0. The van der Waals surface area contributed by atoms with Gasteiger partial charge in [-0.05, 0) is 12.8 Å². The number of carboxylic acids is 1. The van der Waals surface area contributed by atoms with E-state index in [1.165, 1.54) is 12.8 Å². The average Bonchev–Trinajstić information content (AvgIpc) is 2.30. The zero-order valence-electron chi connectivity index (χ0n) is 10.2. The Morgan fingerprint density at radius 2 is 2.06 bits per heavy atom. The molecule has 0 aromatic rings. The lowest BCUT2D eigenvalue weighted by Gasteiger charge is -2.06. The van der Waals surface area contributed by atoms with Gasteiger partial charge in [-0.1, -0.05) is 38.3 Å². The Morgan fingerprint density at radius 3 is 2.59 bits per heavy atom. The summed E-state index contributed by atoms with van der Waals surface area (Å²) in [5, 5.41) is 8.62. The highest BCUT2D eigenvalue weighted by atomic mass is 16.7. The first-order valence-electron chi connectivity index (χ1n) is 5.90. The van der Waals surface area contributed by atoms with Crippen LogP contribution in [0.25, 0.3) is 0 Å². The summed E-state index contributed by atoms with van der Waals surface area (Å²) in [6.45, 7) is 2.13. The van der Waals surface area contributed by atoms with Crippen LogP contribution in [-0.4, -0.2) is 17.0 Å². The van der Waals surface area contributed by atoms with E-state index in [4.69, 9.17) is 11.0 Å². The van der Waals surface area contributed by atoms with Crippen LogP contribution in [0.4, 0.5) is 0 Å². The molecule has 0 heterocycles. The van der Waals surface area contributed by atoms with Crippen molar-refractivity contribution in [3.8, 4) is 0 Å². The summed E-state index contributed by atoms with van der Waals surface area (Å²) in [7, 11) is 0. The quantitative estimate of drug-likeness (QED) is 0.367. The van der Waals surface area contributed by atoms with E-state index in [1.54, 1.807) is 6.08 Å². The van der Waals surface area contributed by atoms with E-state index >= 15 is 0 Å². The van der Waals surface area contributed by atoms with Crippen LogP contribution >= 0.6 is 0 Å². The number of rotatable bonds is 9. The number of unbranched alkanes of at least 4 members (excludes halogenated alkanes) is 4. The molecule has 0 rings (SSSR count). The van der Waals surface area contributed by atoms with E-state index in [2.05, 4.69) is 11.8 Å². The Balaban J connectivity index is 4.01. The molecule has 0 amide bonds. The number of carbonyl (C=O) groups excluding carboxylic acids is 1. The molecular formula is C12H21NO4. The van der Waals surface area contributed by atoms with Crippen molar-refractivity contribution < 1.29 is 19.5 Å². The number of nitrogens with two attached hydrogens (primary N) is 1. The average molecular weight is 243 g/mol. The second-order valence-electron chi connectivity index (χ2n) is 3.92. The van der Waals surface area contributed by atoms with E-state index < -0.39 is 17.9 Å². The van der Waals surface area contributed by atoms with E-state index in [-0.39, 0.29) is 6.42 Å². The fraction of sp³-hybridized carbons (Fsp3) is 0.667. The van der Waals surface area contributed by atoms with Crippen LogP contribution in [0.5, 0.6) is 0 Å². The smallest absolute Gasteiger partial charge is 0.331 e. The number of carboxylic acid groups (broad SMARTS) is 1. The van der Waals surface area contributed by atoms with Crippen LogP contribution in [0.3, 0.4) is 0 Å². The fourth-order valence-corrected chi connectivity index (χ4v) is 1.45. The Labute approximate surface area is 102 Å². The minimum Gasteiger partial charge on any atom is -0.481 e. The lowest BCUT2D eigenvalue weighted by atomic mass is 10.0. The van der Waals surface area contributed by atoms with E-state index in [0.29, 0.717) is 0 Å². The molecule has 5 heteroatoms. The van der Waals surface area contributed by atoms with Crippen molar-refractivity contribution in [1.82, 2.24) is 0 Å². The first-order valence-corrected chi connectivity index (χ1v) is 5.90. The second kappa shape index (κ2) is 9.84. The van der Waals surface area contributed by atoms with Crippen molar-refractivity contribution >= 4 is 11.9 Å². The van der Waals surface area contributed by atoms with Gasteiger partial charge in [0.2, 0.25) is 0 Å². The largest absolute Gasteiger partial charge is 0.481 e. The van der Waals surface area contributed by atoms with Gasteiger partial charge in [0.05, 0.1) is 12.3 Å². The summed E-state index contributed by atoms with van der Waals surface area (Å²) in [5.41, 5.74) is 0. The number of aliphatic carboxylic acids is 1. The molecule has 0 fully saturated rings. The Hall–Kier alpha value is -1.36. The lowest BCUT2D eigenvalue weighted by Crippen LogP contribution is -2.21. The predicted octanol–water partition coefficient (Wildman–Crippen LogP) is 2.02. The first-order chi connectivity index (χ1) is 8.11. The van der Waals surface area contributed by atoms with Gasteiger partial charge in [0, 0.05) is 0 Å². The van der Waals surface area contributed by atoms with Crippen LogP contribution < -0.4 is 5.90 Å². The highest BCUT2D eigenvalue weighted by molar-refractivity contribution is 5.80. The topological polar surface area (TPSA) is 89.6 Å². The Kier molecular flexibility index (Phi) is 9.05. The van der Waals surface area contributed by atoms with Gasteiger partial charge in [0.15, 0.2) is 0 Å². The minimum absolute atomic E-state index is 0.290. The molecule has 17 heavy (non-hydrogen) atoms. The molecule has 0 aromatic carbocycles. The van der Waals surface area contributed by atoms with Gasteiger partial charge in [-0.25, -0.2) is 4.79 Å². The number of hydrogen-bond donors (Lipinski definition) is 2. The molecule has 0 aliphatic heterocycles. The SMILES string of the molecule is CCCCCC/C=C/C(CC(=O)O)C(=O)ON. The van der Waals surface area contributed by atoms with Crippen molar-refractivity contribution in [2.75, 3.05) is 0 Å². The molecule has 0 saturated carbocycles. The molecule has 98 valence electrons. The molecule has 0 aromatic heterocycles. The summed E-state index contributed by atoms with van der Waals surface area (Å²) in [6.07, 6.45) is 8.49. The molecule has 1 atom stereocenters. The van der Waals surface area contributed by atoms with Crippen molar-refractivity contribution in [2.45, 2.75) is 45.4 Å². The van der Waals surface area contributed by atoms with Gasteiger partial charge in [-0.3, -0.25) is 4.79 Å². The molecule has 0 spiro atoms. The molecule has 0 aliphatic carbocycles. The maximum atomic E-state index is 11.2. The zero-order chi connectivity index (χ0) is 13.1. The van der Waals surface area contributed by atoms with Crippen LogP contribution in [0.1, 0.15) is 45.4 Å². The van der Waals surface area contributed by atoms with Gasteiger partial charge in [0.1, 0.15) is 0 Å². The second-order valence-corrected chi connectivity index (χ2v) is 3.92. The summed E-state index contributed by atoms with van der Waals surface area (Å²) in [4.78, 5) is 25.7. The molecular weight excluding hydrogens is 222 g/mol. The predicted molar refractivity (Wildman–Crippen MR) is 63.9 cm³/mol. The van der Waals surface area contributed by atoms with E-state index in [9.17, 15) is 9.59 Å². The maximum absolute atomic E-state index is 11.2. The molecule has 3 N–H and O–H groups in total. The van der Waals surface area contributed by atoms with Crippen molar-refractivity contribution in [3.05, 3.63) is 12.2 Å². The lowest BCUT2D eigenvalue weighted by molar-refractivity contribution is -0.151. The third-order valence-corrected chi connectivity index (χ3v) is 2.41. The molecule has 1 unspecified atom stereocenters. The molecule has 5 nitrogen and oxygen atoms in total. The molecule has 0 radical (unpaired) electrons. The Morgan fingerprint density at radius 1 is 1.35 bits per heavy atom. The number of allylic oxidation sites excluding steroid dienone is 1. The third-order valence-electron chi connectivity index (χ3n) is 2.41. The van der Waals surface area contributed by atoms with Gasteiger partial charge in [-0.15, -0.1) is 0 Å². The summed E-state index contributed by atoms with van der Waals surface area (Å²) >= 11 is 0. The fourth-order valence-electron chi connectivity index (χ4n) is 1.45. The van der Waals surface area contributed by atoms with E-state index in [1.807, 2.05) is 6.08 Å².